The van der Waals surface area contributed by atoms with Gasteiger partial charge in [0.25, 0.3) is 5.92 Å². The van der Waals surface area contributed by atoms with E-state index in [2.05, 4.69) is 10.2 Å². The van der Waals surface area contributed by atoms with E-state index in [1.807, 2.05) is 20.0 Å². The molecule has 0 unspecified atom stereocenters. The van der Waals surface area contributed by atoms with Crippen molar-refractivity contribution in [3.63, 3.8) is 0 Å². The predicted octanol–water partition coefficient (Wildman–Crippen LogP) is 2.84. The number of benzene rings is 1. The van der Waals surface area contributed by atoms with Gasteiger partial charge >= 0.3 is 0 Å². The Balaban J connectivity index is 2.89. The lowest BCUT2D eigenvalue weighted by atomic mass is 10.1. The number of nitrogens with one attached hydrogen (secondary N) is 1. The van der Waals surface area contributed by atoms with Gasteiger partial charge in [-0.25, -0.2) is 8.78 Å². The Bertz CT molecular complexity index is 348. The van der Waals surface area contributed by atoms with Crippen LogP contribution in [0.4, 0.5) is 14.5 Å². The number of halogens is 2. The van der Waals surface area contributed by atoms with Gasteiger partial charge in [-0.1, -0.05) is 12.1 Å². The molecule has 0 amide bonds. The molecule has 17 heavy (non-hydrogen) atoms. The molecule has 0 radical (unpaired) electrons. The minimum absolute atomic E-state index is 0.0675. The number of nitrogens with zero attached hydrogens (tertiary/aromatic N) is 1. The van der Waals surface area contributed by atoms with E-state index >= 15 is 0 Å². The Morgan fingerprint density at radius 1 is 1.35 bits per heavy atom. The van der Waals surface area contributed by atoms with Gasteiger partial charge in [-0.05, 0) is 26.1 Å². The third kappa shape index (κ3) is 3.97. The van der Waals surface area contributed by atoms with Crippen LogP contribution in [0.5, 0.6) is 0 Å². The van der Waals surface area contributed by atoms with E-state index < -0.39 is 5.92 Å². The second-order valence-electron chi connectivity index (χ2n) is 4.12. The Kier molecular flexibility index (Phi) is 4.87. The van der Waals surface area contributed by atoms with E-state index in [1.54, 1.807) is 12.1 Å². The van der Waals surface area contributed by atoms with Crippen LogP contribution in [0.25, 0.3) is 0 Å². The first-order valence-corrected chi connectivity index (χ1v) is 5.87. The molecule has 2 nitrogen and oxygen atoms in total. The highest BCUT2D eigenvalue weighted by molar-refractivity contribution is 5.49. The monoisotopic (exact) mass is 242 g/mol. The Morgan fingerprint density at radius 3 is 2.59 bits per heavy atom. The molecule has 0 heterocycles. The Labute approximate surface area is 102 Å². The molecule has 0 aliphatic rings. The molecule has 0 atom stereocenters. The van der Waals surface area contributed by atoms with Crippen molar-refractivity contribution in [3.05, 3.63) is 29.8 Å². The van der Waals surface area contributed by atoms with Crippen molar-refractivity contribution >= 4 is 5.69 Å². The zero-order valence-corrected chi connectivity index (χ0v) is 10.6. The summed E-state index contributed by atoms with van der Waals surface area (Å²) in [4.78, 5) is 2.08. The summed E-state index contributed by atoms with van der Waals surface area (Å²) in [6.45, 7) is 5.40. The van der Waals surface area contributed by atoms with Crippen LogP contribution in [0.1, 0.15) is 19.4 Å². The van der Waals surface area contributed by atoms with Crippen molar-refractivity contribution in [2.24, 2.45) is 0 Å². The van der Waals surface area contributed by atoms with Crippen LogP contribution in [0.3, 0.4) is 0 Å². The zero-order chi connectivity index (χ0) is 12.9. The largest absolute Gasteiger partial charge is 0.371 e. The molecule has 0 aromatic heterocycles. The van der Waals surface area contributed by atoms with Crippen molar-refractivity contribution in [3.8, 4) is 0 Å². The third-order valence-electron chi connectivity index (χ3n) is 2.73. The van der Waals surface area contributed by atoms with Crippen molar-refractivity contribution in [1.29, 1.82) is 0 Å². The first-order chi connectivity index (χ1) is 7.99. The first-order valence-electron chi connectivity index (χ1n) is 5.87. The molecule has 0 saturated heterocycles. The minimum atomic E-state index is -2.78. The summed E-state index contributed by atoms with van der Waals surface area (Å²) < 4.78 is 26.4. The van der Waals surface area contributed by atoms with Gasteiger partial charge in [0.15, 0.2) is 0 Å². The molecule has 0 saturated carbocycles. The smallest absolute Gasteiger partial charge is 0.270 e. The van der Waals surface area contributed by atoms with Gasteiger partial charge in [0.05, 0.1) is 0 Å². The van der Waals surface area contributed by atoms with Crippen molar-refractivity contribution in [2.45, 2.75) is 19.8 Å². The number of rotatable bonds is 6. The van der Waals surface area contributed by atoms with Crippen LogP contribution < -0.4 is 10.2 Å². The highest BCUT2D eigenvalue weighted by atomic mass is 19.3. The molecule has 96 valence electrons. The fourth-order valence-electron chi connectivity index (χ4n) is 1.69. The number of alkyl halides is 2. The standard InChI is InChI=1S/C13H20F2N2/c1-4-17(9-8-16-3)12-7-5-6-11(10-12)13(2,14)15/h5-7,10,16H,4,8-9H2,1-3H3. The lowest BCUT2D eigenvalue weighted by molar-refractivity contribution is 0.0175. The molecular weight excluding hydrogens is 222 g/mol. The second-order valence-corrected chi connectivity index (χ2v) is 4.12. The lowest BCUT2D eigenvalue weighted by Gasteiger charge is -2.24. The van der Waals surface area contributed by atoms with Gasteiger partial charge in [-0.15, -0.1) is 0 Å². The molecule has 4 heteroatoms. The van der Waals surface area contributed by atoms with E-state index in [4.69, 9.17) is 0 Å². The van der Waals surface area contributed by atoms with Crippen LogP contribution in [0.2, 0.25) is 0 Å². The summed E-state index contributed by atoms with van der Waals surface area (Å²) in [7, 11) is 1.88. The quantitative estimate of drug-likeness (QED) is 0.825. The van der Waals surface area contributed by atoms with Gasteiger partial charge < -0.3 is 10.2 Å². The summed E-state index contributed by atoms with van der Waals surface area (Å²) in [5, 5.41) is 3.06. The van der Waals surface area contributed by atoms with Crippen LogP contribution in [0.15, 0.2) is 24.3 Å². The molecule has 0 fully saturated rings. The third-order valence-corrected chi connectivity index (χ3v) is 2.73. The van der Waals surface area contributed by atoms with E-state index in [-0.39, 0.29) is 5.56 Å². The van der Waals surface area contributed by atoms with Crippen LogP contribution in [-0.4, -0.2) is 26.7 Å². The fraction of sp³-hybridized carbons (Fsp3) is 0.538. The maximum Gasteiger partial charge on any atom is 0.270 e. The zero-order valence-electron chi connectivity index (χ0n) is 10.6. The molecule has 0 bridgehead atoms. The summed E-state index contributed by atoms with van der Waals surface area (Å²) in [6, 6.07) is 6.59. The van der Waals surface area contributed by atoms with Crippen LogP contribution in [0, 0.1) is 0 Å². The predicted molar refractivity (Wildman–Crippen MR) is 67.8 cm³/mol. The van der Waals surface area contributed by atoms with E-state index in [9.17, 15) is 8.78 Å². The average Bonchev–Trinajstić information content (AvgIpc) is 2.29. The molecular formula is C13H20F2N2. The SMILES string of the molecule is CCN(CCNC)c1cccc(C(C)(F)F)c1. The molecule has 0 aliphatic heterocycles. The van der Waals surface area contributed by atoms with Crippen LogP contribution in [-0.2, 0) is 5.92 Å². The number of hydrogen-bond acceptors (Lipinski definition) is 2. The first kappa shape index (κ1) is 13.9. The van der Waals surface area contributed by atoms with Crippen molar-refractivity contribution in [2.75, 3.05) is 31.6 Å². The van der Waals surface area contributed by atoms with Crippen LogP contribution >= 0.6 is 0 Å². The Morgan fingerprint density at radius 2 is 2.06 bits per heavy atom. The fourth-order valence-corrected chi connectivity index (χ4v) is 1.69. The van der Waals surface area contributed by atoms with Gasteiger partial charge in [0.1, 0.15) is 0 Å². The molecule has 1 aromatic carbocycles. The molecule has 0 aliphatic carbocycles. The number of anilines is 1. The maximum absolute atomic E-state index is 13.2. The summed E-state index contributed by atoms with van der Waals surface area (Å²) in [6.07, 6.45) is 0. The summed E-state index contributed by atoms with van der Waals surface area (Å²) in [5.74, 6) is -2.78. The summed E-state index contributed by atoms with van der Waals surface area (Å²) >= 11 is 0. The molecule has 1 rings (SSSR count). The van der Waals surface area contributed by atoms with E-state index in [0.717, 1.165) is 32.2 Å². The Hall–Kier alpha value is -1.16. The van der Waals surface area contributed by atoms with E-state index in [0.29, 0.717) is 0 Å². The van der Waals surface area contributed by atoms with Gasteiger partial charge in [-0.3, -0.25) is 0 Å². The second kappa shape index (κ2) is 5.96. The maximum atomic E-state index is 13.2. The minimum Gasteiger partial charge on any atom is -0.371 e. The van der Waals surface area contributed by atoms with E-state index in [1.165, 1.54) is 6.07 Å². The van der Waals surface area contributed by atoms with Gasteiger partial charge in [-0.2, -0.15) is 0 Å². The van der Waals surface area contributed by atoms with Gasteiger partial charge in [0, 0.05) is 37.8 Å². The summed E-state index contributed by atoms with van der Waals surface area (Å²) in [5.41, 5.74) is 0.916. The number of likely N-dealkylation sites (N-methyl/N-ethyl adjacent to an activating group) is 2. The highest BCUT2D eigenvalue weighted by Gasteiger charge is 2.24. The van der Waals surface area contributed by atoms with Gasteiger partial charge in [0.2, 0.25) is 0 Å². The van der Waals surface area contributed by atoms with Crippen molar-refractivity contribution < 1.29 is 8.78 Å². The number of hydrogen-bond donors (Lipinski definition) is 1. The highest BCUT2D eigenvalue weighted by Crippen LogP contribution is 2.29. The topological polar surface area (TPSA) is 15.3 Å². The molecule has 1 N–H and O–H groups in total. The lowest BCUT2D eigenvalue weighted by Crippen LogP contribution is -2.30. The molecule has 0 spiro atoms. The normalized spacial score (nSPS) is 11.6. The molecule has 1 aromatic rings. The van der Waals surface area contributed by atoms with Crippen molar-refractivity contribution in [1.82, 2.24) is 5.32 Å². The average molecular weight is 242 g/mol.